The molecular formula is C27H33N3O4. The zero-order valence-corrected chi connectivity index (χ0v) is 20.2. The van der Waals surface area contributed by atoms with Crippen molar-refractivity contribution in [3.05, 3.63) is 63.7 Å². The lowest BCUT2D eigenvalue weighted by Gasteiger charge is -2.18. The van der Waals surface area contributed by atoms with E-state index in [1.54, 1.807) is 25.3 Å². The molecule has 1 aliphatic rings. The summed E-state index contributed by atoms with van der Waals surface area (Å²) in [5.74, 6) is 1.93. The summed E-state index contributed by atoms with van der Waals surface area (Å²) in [7, 11) is 1.61. The number of hydrogen-bond acceptors (Lipinski definition) is 5. The van der Waals surface area contributed by atoms with Gasteiger partial charge in [0.05, 0.1) is 30.7 Å². The number of fused-ring (bicyclic) bond motifs is 2. The molecule has 1 aromatic heterocycles. The third-order valence-corrected chi connectivity index (χ3v) is 6.33. The first-order valence-corrected chi connectivity index (χ1v) is 12.2. The van der Waals surface area contributed by atoms with Crippen molar-refractivity contribution in [2.45, 2.75) is 65.0 Å². The van der Waals surface area contributed by atoms with Gasteiger partial charge in [0.1, 0.15) is 5.82 Å². The van der Waals surface area contributed by atoms with E-state index in [-0.39, 0.29) is 17.5 Å². The highest BCUT2D eigenvalue weighted by Crippen LogP contribution is 2.30. The molecule has 0 bridgehead atoms. The lowest BCUT2D eigenvalue weighted by atomic mass is 10.1. The Kier molecular flexibility index (Phi) is 7.50. The summed E-state index contributed by atoms with van der Waals surface area (Å²) in [5.41, 5.74) is 1.96. The SMILES string of the molecule is CCCOc1ccc(C(C)NC(=O)c2ccc3c(=O)n4c(nc3c2)CCCCCC4)cc1OC. The summed E-state index contributed by atoms with van der Waals surface area (Å²) >= 11 is 0. The molecule has 7 heteroatoms. The van der Waals surface area contributed by atoms with Crippen LogP contribution in [0.2, 0.25) is 0 Å². The first-order chi connectivity index (χ1) is 16.5. The van der Waals surface area contributed by atoms with E-state index >= 15 is 0 Å². The van der Waals surface area contributed by atoms with Gasteiger partial charge in [-0.3, -0.25) is 14.2 Å². The molecule has 180 valence electrons. The predicted molar refractivity (Wildman–Crippen MR) is 133 cm³/mol. The smallest absolute Gasteiger partial charge is 0.261 e. The Bertz CT molecular complexity index is 1230. The Balaban J connectivity index is 1.55. The zero-order chi connectivity index (χ0) is 24.1. The minimum absolute atomic E-state index is 0.0142. The second-order valence-electron chi connectivity index (χ2n) is 8.83. The van der Waals surface area contributed by atoms with Crippen molar-refractivity contribution >= 4 is 16.8 Å². The number of amides is 1. The van der Waals surface area contributed by atoms with Gasteiger partial charge in [-0.2, -0.15) is 0 Å². The fourth-order valence-corrected chi connectivity index (χ4v) is 4.38. The van der Waals surface area contributed by atoms with Crippen molar-refractivity contribution in [2.24, 2.45) is 0 Å². The summed E-state index contributed by atoms with van der Waals surface area (Å²) in [6.07, 6.45) is 6.02. The van der Waals surface area contributed by atoms with Gasteiger partial charge in [-0.15, -0.1) is 0 Å². The molecule has 1 aliphatic heterocycles. The van der Waals surface area contributed by atoms with Crippen LogP contribution in [0.5, 0.6) is 11.5 Å². The van der Waals surface area contributed by atoms with Gasteiger partial charge in [0.2, 0.25) is 0 Å². The third-order valence-electron chi connectivity index (χ3n) is 6.33. The van der Waals surface area contributed by atoms with E-state index in [4.69, 9.17) is 14.5 Å². The second kappa shape index (κ2) is 10.7. The number of aromatic nitrogens is 2. The molecule has 0 fully saturated rings. The van der Waals surface area contributed by atoms with Gasteiger partial charge >= 0.3 is 0 Å². The number of nitrogens with zero attached hydrogens (tertiary/aromatic N) is 2. The van der Waals surface area contributed by atoms with E-state index in [0.717, 1.165) is 49.9 Å². The fourth-order valence-electron chi connectivity index (χ4n) is 4.38. The van der Waals surface area contributed by atoms with E-state index in [2.05, 4.69) is 12.2 Å². The zero-order valence-electron chi connectivity index (χ0n) is 20.2. The fraction of sp³-hybridized carbons (Fsp3) is 0.444. The average molecular weight is 464 g/mol. The van der Waals surface area contributed by atoms with Crippen LogP contribution in [0.25, 0.3) is 10.9 Å². The van der Waals surface area contributed by atoms with Gasteiger partial charge < -0.3 is 14.8 Å². The molecule has 0 spiro atoms. The number of carbonyl (C=O) groups excluding carboxylic acids is 1. The summed E-state index contributed by atoms with van der Waals surface area (Å²) in [6.45, 7) is 5.30. The molecule has 0 radical (unpaired) electrons. The number of nitrogens with one attached hydrogen (secondary N) is 1. The molecule has 1 N–H and O–H groups in total. The average Bonchev–Trinajstić information content (AvgIpc) is 2.83. The summed E-state index contributed by atoms with van der Waals surface area (Å²) in [6, 6.07) is 10.6. The molecule has 3 aromatic rings. The number of rotatable bonds is 7. The van der Waals surface area contributed by atoms with Gasteiger partial charge in [0.25, 0.3) is 11.5 Å². The van der Waals surface area contributed by atoms with Crippen molar-refractivity contribution in [3.8, 4) is 11.5 Å². The Hall–Kier alpha value is -3.35. The van der Waals surface area contributed by atoms with Crippen molar-refractivity contribution < 1.29 is 14.3 Å². The minimum atomic E-state index is -0.244. The quantitative estimate of drug-likeness (QED) is 0.544. The first-order valence-electron chi connectivity index (χ1n) is 12.2. The highest BCUT2D eigenvalue weighted by Gasteiger charge is 2.17. The number of benzene rings is 2. The Morgan fingerprint density at radius 3 is 2.74 bits per heavy atom. The Labute approximate surface area is 200 Å². The molecule has 0 aliphatic carbocycles. The molecule has 1 amide bonds. The summed E-state index contributed by atoms with van der Waals surface area (Å²) in [5, 5.41) is 3.60. The molecule has 1 unspecified atom stereocenters. The molecule has 4 rings (SSSR count). The molecule has 7 nitrogen and oxygen atoms in total. The van der Waals surface area contributed by atoms with Crippen LogP contribution in [0.4, 0.5) is 0 Å². The molecule has 2 heterocycles. The highest BCUT2D eigenvalue weighted by atomic mass is 16.5. The van der Waals surface area contributed by atoms with E-state index < -0.39 is 0 Å². The second-order valence-corrected chi connectivity index (χ2v) is 8.83. The molecule has 34 heavy (non-hydrogen) atoms. The van der Waals surface area contributed by atoms with E-state index in [1.165, 1.54) is 0 Å². The number of methoxy groups -OCH3 is 1. The number of aryl methyl sites for hydroxylation is 1. The van der Waals surface area contributed by atoms with Crippen LogP contribution < -0.4 is 20.3 Å². The van der Waals surface area contributed by atoms with E-state index in [9.17, 15) is 9.59 Å². The first kappa shape index (κ1) is 23.8. The van der Waals surface area contributed by atoms with Crippen LogP contribution in [0.3, 0.4) is 0 Å². The number of hydrogen-bond donors (Lipinski definition) is 1. The lowest BCUT2D eigenvalue weighted by molar-refractivity contribution is 0.0940. The Morgan fingerprint density at radius 2 is 1.94 bits per heavy atom. The highest BCUT2D eigenvalue weighted by molar-refractivity contribution is 5.97. The van der Waals surface area contributed by atoms with Crippen LogP contribution in [-0.4, -0.2) is 29.2 Å². The van der Waals surface area contributed by atoms with Crippen molar-refractivity contribution in [1.29, 1.82) is 0 Å². The van der Waals surface area contributed by atoms with Gasteiger partial charge in [0, 0.05) is 18.5 Å². The molecule has 0 saturated carbocycles. The van der Waals surface area contributed by atoms with E-state index in [1.807, 2.05) is 29.7 Å². The maximum absolute atomic E-state index is 13.0. The molecule has 2 aromatic carbocycles. The lowest BCUT2D eigenvalue weighted by Crippen LogP contribution is -2.28. The maximum atomic E-state index is 13.0. The molecule has 0 saturated heterocycles. The van der Waals surface area contributed by atoms with Gasteiger partial charge in [-0.1, -0.05) is 25.8 Å². The normalized spacial score (nSPS) is 14.6. The minimum Gasteiger partial charge on any atom is -0.493 e. The predicted octanol–water partition coefficient (Wildman–Crippen LogP) is 4.80. The monoisotopic (exact) mass is 463 g/mol. The number of ether oxygens (including phenoxy) is 2. The standard InChI is InChI=1S/C27H33N3O4/c1-4-15-34-23-13-11-19(17-24(23)33-3)18(2)28-26(31)20-10-12-21-22(16-20)29-25-9-7-5-6-8-14-30(25)27(21)32/h10-13,16-18H,4-9,14-15H2,1-3H3,(H,28,31). The largest absolute Gasteiger partial charge is 0.493 e. The molecule has 1 atom stereocenters. The third kappa shape index (κ3) is 5.08. The molecular weight excluding hydrogens is 430 g/mol. The van der Waals surface area contributed by atoms with Crippen LogP contribution >= 0.6 is 0 Å². The van der Waals surface area contributed by atoms with Crippen LogP contribution in [-0.2, 0) is 13.0 Å². The maximum Gasteiger partial charge on any atom is 0.261 e. The number of carbonyl (C=O) groups is 1. The summed E-state index contributed by atoms with van der Waals surface area (Å²) < 4.78 is 13.0. The van der Waals surface area contributed by atoms with Crippen LogP contribution in [0, 0.1) is 0 Å². The van der Waals surface area contributed by atoms with Gasteiger partial charge in [0.15, 0.2) is 11.5 Å². The van der Waals surface area contributed by atoms with Crippen molar-refractivity contribution in [1.82, 2.24) is 14.9 Å². The van der Waals surface area contributed by atoms with Crippen LogP contribution in [0.15, 0.2) is 41.2 Å². The van der Waals surface area contributed by atoms with Crippen molar-refractivity contribution in [3.63, 3.8) is 0 Å². The topological polar surface area (TPSA) is 82.5 Å². The summed E-state index contributed by atoms with van der Waals surface area (Å²) in [4.78, 5) is 30.8. The van der Waals surface area contributed by atoms with Gasteiger partial charge in [-0.25, -0.2) is 4.98 Å². The van der Waals surface area contributed by atoms with Crippen molar-refractivity contribution in [2.75, 3.05) is 13.7 Å². The van der Waals surface area contributed by atoms with E-state index in [0.29, 0.717) is 41.1 Å². The Morgan fingerprint density at radius 1 is 1.12 bits per heavy atom. The van der Waals surface area contributed by atoms with Crippen LogP contribution in [0.1, 0.15) is 73.7 Å². The van der Waals surface area contributed by atoms with Gasteiger partial charge in [-0.05, 0) is 62.1 Å².